The van der Waals surface area contributed by atoms with Crippen LogP contribution in [0.3, 0.4) is 0 Å². The molecule has 2 aliphatic rings. The van der Waals surface area contributed by atoms with Crippen LogP contribution >= 0.6 is 36.3 Å². The summed E-state index contributed by atoms with van der Waals surface area (Å²) < 4.78 is 30.2. The van der Waals surface area contributed by atoms with Crippen LogP contribution in [0.2, 0.25) is 0 Å². The number of rotatable bonds is 2. The molecule has 3 heterocycles. The lowest BCUT2D eigenvalue weighted by Gasteiger charge is -2.35. The van der Waals surface area contributed by atoms with Crippen LogP contribution in [0.25, 0.3) is 0 Å². The number of amides is 1. The number of piperazine rings is 1. The van der Waals surface area contributed by atoms with E-state index in [1.807, 2.05) is 4.90 Å². The number of hydrogen-bond acceptors (Lipinski definition) is 7. The van der Waals surface area contributed by atoms with Crippen molar-refractivity contribution >= 4 is 53.3 Å². The molecule has 0 bridgehead atoms. The summed E-state index contributed by atoms with van der Waals surface area (Å²) in [7, 11) is 0. The molecule has 1 aromatic rings. The van der Waals surface area contributed by atoms with Crippen molar-refractivity contribution in [3.63, 3.8) is 0 Å². The molecule has 1 atom stereocenters. The van der Waals surface area contributed by atoms with Crippen molar-refractivity contribution in [2.24, 2.45) is 0 Å². The summed E-state index contributed by atoms with van der Waals surface area (Å²) in [5.74, 6) is -2.79. The Balaban J connectivity index is 0.00000132. The van der Waals surface area contributed by atoms with E-state index in [4.69, 9.17) is 5.73 Å². The Hall–Kier alpha value is -0.970. The van der Waals surface area contributed by atoms with E-state index in [0.717, 1.165) is 5.13 Å². The number of carbonyl (C=O) groups excluding carboxylic acids is 1. The van der Waals surface area contributed by atoms with E-state index in [-0.39, 0.29) is 36.7 Å². The first-order valence-corrected chi connectivity index (χ1v) is 7.46. The van der Waals surface area contributed by atoms with E-state index >= 15 is 0 Å². The molecule has 12 heteroatoms. The van der Waals surface area contributed by atoms with Gasteiger partial charge in [-0.2, -0.15) is 9.36 Å². The van der Waals surface area contributed by atoms with Crippen LogP contribution in [-0.2, 0) is 4.79 Å². The van der Waals surface area contributed by atoms with Crippen molar-refractivity contribution in [2.75, 3.05) is 43.4 Å². The number of nitrogens with zero attached hydrogens (tertiary/aromatic N) is 4. The van der Waals surface area contributed by atoms with Gasteiger partial charge in [-0.15, -0.1) is 24.8 Å². The fourth-order valence-electron chi connectivity index (χ4n) is 2.58. The molecule has 2 saturated heterocycles. The average molecular weight is 391 g/mol. The number of nitrogen functional groups attached to an aromatic ring is 1. The first kappa shape index (κ1) is 20.1. The summed E-state index contributed by atoms with van der Waals surface area (Å²) in [6.45, 7) is 1.75. The van der Waals surface area contributed by atoms with Crippen LogP contribution in [0, 0.1) is 0 Å². The molecule has 1 amide bonds. The lowest BCUT2D eigenvalue weighted by molar-refractivity contribution is -0.134. The highest BCUT2D eigenvalue weighted by atomic mass is 35.5. The van der Waals surface area contributed by atoms with E-state index < -0.39 is 24.9 Å². The van der Waals surface area contributed by atoms with Crippen LogP contribution in [0.15, 0.2) is 0 Å². The Morgan fingerprint density at radius 2 is 1.96 bits per heavy atom. The number of anilines is 2. The minimum atomic E-state index is -2.79. The average Bonchev–Trinajstić information content (AvgIpc) is 3.04. The molecule has 2 fully saturated rings. The highest BCUT2D eigenvalue weighted by Gasteiger charge is 2.43. The van der Waals surface area contributed by atoms with Crippen molar-refractivity contribution in [3.8, 4) is 0 Å². The van der Waals surface area contributed by atoms with Gasteiger partial charge in [-0.3, -0.25) is 10.1 Å². The van der Waals surface area contributed by atoms with Gasteiger partial charge in [-0.25, -0.2) is 8.78 Å². The summed E-state index contributed by atoms with van der Waals surface area (Å²) in [6.07, 6.45) is -0.418. The fraction of sp³-hybridized carbons (Fsp3) is 0.727. The molecular weight excluding hydrogens is 373 g/mol. The van der Waals surface area contributed by atoms with Crippen molar-refractivity contribution in [1.82, 2.24) is 19.6 Å². The van der Waals surface area contributed by atoms with Gasteiger partial charge < -0.3 is 15.5 Å². The number of aromatic nitrogens is 2. The highest BCUT2D eigenvalue weighted by molar-refractivity contribution is 7.09. The molecule has 1 unspecified atom stereocenters. The third-order valence-corrected chi connectivity index (χ3v) is 4.49. The van der Waals surface area contributed by atoms with Crippen molar-refractivity contribution in [2.45, 2.75) is 18.4 Å². The monoisotopic (exact) mass is 390 g/mol. The minimum Gasteiger partial charge on any atom is -0.367 e. The Labute approximate surface area is 148 Å². The number of alkyl halides is 2. The van der Waals surface area contributed by atoms with Gasteiger partial charge in [-0.05, 0) is 0 Å². The van der Waals surface area contributed by atoms with Gasteiger partial charge in [0, 0.05) is 44.1 Å². The van der Waals surface area contributed by atoms with Gasteiger partial charge in [-0.1, -0.05) is 0 Å². The highest BCUT2D eigenvalue weighted by Crippen LogP contribution is 2.26. The third-order valence-electron chi connectivity index (χ3n) is 3.70. The summed E-state index contributed by atoms with van der Waals surface area (Å²) in [6, 6.07) is -0.774. The largest absolute Gasteiger partial charge is 0.367 e. The lowest BCUT2D eigenvalue weighted by atomic mass is 10.1. The first-order chi connectivity index (χ1) is 9.94. The molecule has 0 saturated carbocycles. The molecule has 0 spiro atoms. The fourth-order valence-corrected chi connectivity index (χ4v) is 3.23. The smallest absolute Gasteiger partial charge is 0.262 e. The second-order valence-electron chi connectivity index (χ2n) is 5.24. The van der Waals surface area contributed by atoms with Crippen molar-refractivity contribution in [3.05, 3.63) is 0 Å². The van der Waals surface area contributed by atoms with E-state index in [0.29, 0.717) is 26.2 Å². The summed E-state index contributed by atoms with van der Waals surface area (Å²) in [5, 5.41) is 3.33. The van der Waals surface area contributed by atoms with Crippen LogP contribution in [0.1, 0.15) is 6.42 Å². The number of nitrogens with two attached hydrogens (primary N) is 1. The van der Waals surface area contributed by atoms with E-state index in [9.17, 15) is 13.6 Å². The van der Waals surface area contributed by atoms with Gasteiger partial charge in [0.1, 0.15) is 0 Å². The Bertz CT molecular complexity index is 540. The van der Waals surface area contributed by atoms with Crippen LogP contribution in [0.5, 0.6) is 0 Å². The zero-order valence-electron chi connectivity index (χ0n) is 12.1. The molecule has 0 radical (unpaired) electrons. The van der Waals surface area contributed by atoms with Crippen LogP contribution in [-0.4, -0.2) is 64.9 Å². The molecule has 0 aromatic carbocycles. The molecular formula is C11H18Cl2F2N6OS. The van der Waals surface area contributed by atoms with Gasteiger partial charge >= 0.3 is 0 Å². The van der Waals surface area contributed by atoms with Gasteiger partial charge in [0.25, 0.3) is 5.92 Å². The third kappa shape index (κ3) is 4.52. The molecule has 3 rings (SSSR count). The Morgan fingerprint density at radius 3 is 2.43 bits per heavy atom. The maximum Gasteiger partial charge on any atom is 0.262 e. The molecule has 23 heavy (non-hydrogen) atoms. The first-order valence-electron chi connectivity index (χ1n) is 6.69. The van der Waals surface area contributed by atoms with Crippen LogP contribution < -0.4 is 16.0 Å². The van der Waals surface area contributed by atoms with Crippen molar-refractivity contribution in [1.29, 1.82) is 0 Å². The predicted molar refractivity (Wildman–Crippen MR) is 89.0 cm³/mol. The summed E-state index contributed by atoms with van der Waals surface area (Å²) in [4.78, 5) is 19.9. The number of hydrogen-bond donors (Lipinski definition) is 2. The zero-order chi connectivity index (χ0) is 15.0. The second kappa shape index (κ2) is 7.73. The minimum absolute atomic E-state index is 0. The topological polar surface area (TPSA) is 87.4 Å². The predicted octanol–water partition coefficient (Wildman–Crippen LogP) is 0.610. The van der Waals surface area contributed by atoms with Gasteiger partial charge in [0.05, 0.1) is 12.6 Å². The number of nitrogens with one attached hydrogen (secondary N) is 1. The van der Waals surface area contributed by atoms with Crippen LogP contribution in [0.4, 0.5) is 19.9 Å². The normalized spacial score (nSPS) is 23.1. The summed E-state index contributed by atoms with van der Waals surface area (Å²) in [5.41, 5.74) is 5.49. The lowest BCUT2D eigenvalue weighted by Crippen LogP contribution is -2.53. The molecule has 0 aliphatic carbocycles. The van der Waals surface area contributed by atoms with Gasteiger partial charge in [0.2, 0.25) is 17.0 Å². The number of halogens is 4. The zero-order valence-corrected chi connectivity index (χ0v) is 14.5. The van der Waals surface area contributed by atoms with Gasteiger partial charge in [0.15, 0.2) is 0 Å². The summed E-state index contributed by atoms with van der Waals surface area (Å²) >= 11 is 1.22. The quantitative estimate of drug-likeness (QED) is 0.768. The maximum atomic E-state index is 13.1. The van der Waals surface area contributed by atoms with Crippen molar-refractivity contribution < 1.29 is 13.6 Å². The van der Waals surface area contributed by atoms with E-state index in [1.54, 1.807) is 4.90 Å². The molecule has 132 valence electrons. The second-order valence-corrected chi connectivity index (χ2v) is 5.97. The van der Waals surface area contributed by atoms with E-state index in [2.05, 4.69) is 14.7 Å². The SMILES string of the molecule is Cl.Cl.Nc1nsc(N2CCN(C(=O)C3CC(F)(F)CN3)CC2)n1. The Morgan fingerprint density at radius 1 is 1.30 bits per heavy atom. The Kier molecular flexibility index (Phi) is 6.75. The maximum absolute atomic E-state index is 13.1. The molecule has 7 nitrogen and oxygen atoms in total. The molecule has 1 aromatic heterocycles. The molecule has 3 N–H and O–H groups in total. The molecule has 2 aliphatic heterocycles. The standard InChI is InChI=1S/C11H16F2N6OS.2ClH/c12-11(13)5-7(15-6-11)8(20)18-1-3-19(4-2-18)10-16-9(14)17-21-10;;/h7,15H,1-6H2,(H2,14,17);2*1H. The number of carbonyl (C=O) groups is 1. The van der Waals surface area contributed by atoms with E-state index in [1.165, 1.54) is 11.5 Å².